The van der Waals surface area contributed by atoms with Crippen LogP contribution in [0.15, 0.2) is 36.5 Å². The van der Waals surface area contributed by atoms with E-state index in [0.717, 1.165) is 11.3 Å². The maximum Gasteiger partial charge on any atom is 0.325 e. The molecule has 0 unspecified atom stereocenters. The number of nitrogens with zero attached hydrogens (tertiary/aromatic N) is 2. The molecule has 8 nitrogen and oxygen atoms in total. The first-order valence-corrected chi connectivity index (χ1v) is 7.95. The summed E-state index contributed by atoms with van der Waals surface area (Å²) in [5.74, 6) is -1.29. The van der Waals surface area contributed by atoms with Crippen molar-refractivity contribution < 1.29 is 19.5 Å². The average molecular weight is 342 g/mol. The number of carbonyl (C=O) groups is 3. The zero-order valence-corrected chi connectivity index (χ0v) is 13.4. The van der Waals surface area contributed by atoms with Gasteiger partial charge in [0.25, 0.3) is 0 Å². The van der Waals surface area contributed by atoms with Gasteiger partial charge in [-0.25, -0.2) is 0 Å². The number of benzene rings is 1. The Kier molecular flexibility index (Phi) is 4.78. The van der Waals surface area contributed by atoms with Gasteiger partial charge in [-0.1, -0.05) is 18.2 Å². The van der Waals surface area contributed by atoms with E-state index in [1.165, 1.54) is 16.9 Å². The smallest absolute Gasteiger partial charge is 0.325 e. The molecular weight excluding hydrogens is 324 g/mol. The number of rotatable bonds is 6. The van der Waals surface area contributed by atoms with Gasteiger partial charge >= 0.3 is 5.97 Å². The predicted molar refractivity (Wildman–Crippen MR) is 90.0 cm³/mol. The number of fused-ring (bicyclic) bond motifs is 1. The summed E-state index contributed by atoms with van der Waals surface area (Å²) >= 11 is 0. The second-order valence-corrected chi connectivity index (χ2v) is 5.93. The molecule has 1 aliphatic heterocycles. The first-order valence-electron chi connectivity index (χ1n) is 7.95. The quantitative estimate of drug-likeness (QED) is 0.736. The Morgan fingerprint density at radius 3 is 2.92 bits per heavy atom. The highest BCUT2D eigenvalue weighted by Crippen LogP contribution is 2.27. The van der Waals surface area contributed by atoms with Gasteiger partial charge in [0, 0.05) is 30.3 Å². The molecule has 0 radical (unpaired) electrons. The zero-order valence-electron chi connectivity index (χ0n) is 13.4. The van der Waals surface area contributed by atoms with Crippen LogP contribution in [0.4, 0.5) is 11.5 Å². The van der Waals surface area contributed by atoms with Crippen molar-refractivity contribution in [2.24, 2.45) is 5.92 Å². The molecule has 0 fully saturated rings. The van der Waals surface area contributed by atoms with E-state index in [4.69, 9.17) is 5.11 Å². The molecule has 0 bridgehead atoms. The lowest BCUT2D eigenvalue weighted by Crippen LogP contribution is -2.30. The molecule has 0 saturated carbocycles. The molecule has 1 aromatic heterocycles. The first-order chi connectivity index (χ1) is 12.0. The van der Waals surface area contributed by atoms with Crippen LogP contribution >= 0.6 is 0 Å². The molecule has 2 amide bonds. The monoisotopic (exact) mass is 342 g/mol. The number of hydrogen-bond donors (Lipinski definition) is 3. The van der Waals surface area contributed by atoms with E-state index in [1.54, 1.807) is 0 Å². The van der Waals surface area contributed by atoms with Gasteiger partial charge in [-0.3, -0.25) is 19.1 Å². The van der Waals surface area contributed by atoms with Gasteiger partial charge in [0.1, 0.15) is 6.54 Å². The third-order valence-corrected chi connectivity index (χ3v) is 4.04. The number of para-hydroxylation sites is 1. The summed E-state index contributed by atoms with van der Waals surface area (Å²) in [5.41, 5.74) is 1.90. The summed E-state index contributed by atoms with van der Waals surface area (Å²) in [7, 11) is 0. The van der Waals surface area contributed by atoms with Gasteiger partial charge in [0.15, 0.2) is 5.82 Å². The highest BCUT2D eigenvalue weighted by molar-refractivity contribution is 5.96. The minimum Gasteiger partial charge on any atom is -0.480 e. The Morgan fingerprint density at radius 1 is 1.32 bits per heavy atom. The Hall–Kier alpha value is -3.16. The molecule has 2 aromatic rings. The highest BCUT2D eigenvalue weighted by atomic mass is 16.4. The number of carboxylic acid groups (broad SMARTS) is 1. The molecular formula is C17H18N4O4. The summed E-state index contributed by atoms with van der Waals surface area (Å²) in [4.78, 5) is 34.8. The van der Waals surface area contributed by atoms with Crippen LogP contribution in [0.2, 0.25) is 0 Å². The third-order valence-electron chi connectivity index (χ3n) is 4.04. The fourth-order valence-corrected chi connectivity index (χ4v) is 2.81. The fraction of sp³-hybridized carbons (Fsp3) is 0.294. The number of amides is 2. The molecule has 1 atom stereocenters. The van der Waals surface area contributed by atoms with Crippen LogP contribution < -0.4 is 10.6 Å². The van der Waals surface area contributed by atoms with Crippen molar-refractivity contribution in [1.82, 2.24) is 9.78 Å². The van der Waals surface area contributed by atoms with Crippen LogP contribution in [0.3, 0.4) is 0 Å². The van der Waals surface area contributed by atoms with Crippen molar-refractivity contribution in [3.63, 3.8) is 0 Å². The minimum atomic E-state index is -1.01. The number of carboxylic acids is 1. The van der Waals surface area contributed by atoms with E-state index in [1.807, 2.05) is 24.3 Å². The van der Waals surface area contributed by atoms with Crippen molar-refractivity contribution in [2.75, 3.05) is 10.6 Å². The van der Waals surface area contributed by atoms with Crippen molar-refractivity contribution in [2.45, 2.75) is 25.8 Å². The van der Waals surface area contributed by atoms with E-state index in [-0.39, 0.29) is 30.7 Å². The number of anilines is 2. The number of hydrogen-bond acceptors (Lipinski definition) is 4. The predicted octanol–water partition coefficient (Wildman–Crippen LogP) is 1.50. The maximum absolute atomic E-state index is 12.1. The van der Waals surface area contributed by atoms with Crippen molar-refractivity contribution in [3.05, 3.63) is 42.1 Å². The van der Waals surface area contributed by atoms with Crippen LogP contribution in [0, 0.1) is 5.92 Å². The second kappa shape index (κ2) is 7.16. The first kappa shape index (κ1) is 16.7. The Balaban J connectivity index is 1.51. The van der Waals surface area contributed by atoms with Crippen LogP contribution in [-0.2, 0) is 27.3 Å². The van der Waals surface area contributed by atoms with E-state index in [0.29, 0.717) is 18.7 Å². The van der Waals surface area contributed by atoms with Gasteiger partial charge < -0.3 is 15.7 Å². The van der Waals surface area contributed by atoms with E-state index in [9.17, 15) is 14.4 Å². The lowest BCUT2D eigenvalue weighted by atomic mass is 9.89. The van der Waals surface area contributed by atoms with Gasteiger partial charge in [-0.15, -0.1) is 0 Å². The average Bonchev–Trinajstić information content (AvgIpc) is 2.99. The maximum atomic E-state index is 12.1. The molecule has 2 heterocycles. The van der Waals surface area contributed by atoms with Crippen LogP contribution in [0.5, 0.6) is 0 Å². The van der Waals surface area contributed by atoms with Gasteiger partial charge in [-0.2, -0.15) is 5.10 Å². The molecule has 3 N–H and O–H groups in total. The Morgan fingerprint density at radius 2 is 2.12 bits per heavy atom. The number of aliphatic carboxylic acids is 1. The van der Waals surface area contributed by atoms with Crippen molar-refractivity contribution >= 4 is 29.3 Å². The SMILES string of the molecule is O=C(O)Cn1ccc(NC(=O)CC[C@@H]2Cc3ccccc3NC2=O)n1. The van der Waals surface area contributed by atoms with E-state index < -0.39 is 5.97 Å². The summed E-state index contributed by atoms with van der Waals surface area (Å²) in [6.45, 7) is -0.266. The van der Waals surface area contributed by atoms with Crippen LogP contribution in [0.25, 0.3) is 0 Å². The molecule has 8 heteroatoms. The normalized spacial score (nSPS) is 16.0. The highest BCUT2D eigenvalue weighted by Gasteiger charge is 2.26. The minimum absolute atomic E-state index is 0.0720. The molecule has 0 spiro atoms. The molecule has 25 heavy (non-hydrogen) atoms. The molecule has 0 saturated heterocycles. The zero-order chi connectivity index (χ0) is 17.8. The summed E-state index contributed by atoms with van der Waals surface area (Å²) in [6.07, 6.45) is 2.71. The largest absolute Gasteiger partial charge is 0.480 e. The number of nitrogens with one attached hydrogen (secondary N) is 2. The molecule has 130 valence electrons. The second-order valence-electron chi connectivity index (χ2n) is 5.93. The lowest BCUT2D eigenvalue weighted by molar-refractivity contribution is -0.137. The molecule has 1 aromatic carbocycles. The standard InChI is InChI=1S/C17H18N4O4/c22-15(19-14-7-8-21(20-14)10-16(23)24)6-5-12-9-11-3-1-2-4-13(11)18-17(12)25/h1-4,7-8,12H,5-6,9-10H2,(H,18,25)(H,23,24)(H,19,20,22)/t12-/m1/s1. The van der Waals surface area contributed by atoms with Crippen molar-refractivity contribution in [1.29, 1.82) is 0 Å². The topological polar surface area (TPSA) is 113 Å². The number of aromatic nitrogens is 2. The van der Waals surface area contributed by atoms with Gasteiger partial charge in [0.05, 0.1) is 0 Å². The molecule has 0 aliphatic carbocycles. The van der Waals surface area contributed by atoms with Gasteiger partial charge in [0.2, 0.25) is 11.8 Å². The van der Waals surface area contributed by atoms with Gasteiger partial charge in [-0.05, 0) is 24.5 Å². The lowest BCUT2D eigenvalue weighted by Gasteiger charge is -2.24. The summed E-state index contributed by atoms with van der Waals surface area (Å²) in [5, 5.41) is 18.1. The van der Waals surface area contributed by atoms with E-state index >= 15 is 0 Å². The fourth-order valence-electron chi connectivity index (χ4n) is 2.81. The third kappa shape index (κ3) is 4.23. The van der Waals surface area contributed by atoms with Crippen molar-refractivity contribution in [3.8, 4) is 0 Å². The van der Waals surface area contributed by atoms with E-state index in [2.05, 4.69) is 15.7 Å². The molecule has 1 aliphatic rings. The summed E-state index contributed by atoms with van der Waals surface area (Å²) in [6, 6.07) is 9.16. The Labute approximate surface area is 143 Å². The summed E-state index contributed by atoms with van der Waals surface area (Å²) < 4.78 is 1.23. The number of carbonyl (C=O) groups excluding carboxylic acids is 2. The van der Waals surface area contributed by atoms with Crippen LogP contribution in [-0.4, -0.2) is 32.7 Å². The Bertz CT molecular complexity index is 814. The molecule has 3 rings (SSSR count). The van der Waals surface area contributed by atoms with Crippen LogP contribution in [0.1, 0.15) is 18.4 Å².